The summed E-state index contributed by atoms with van der Waals surface area (Å²) in [6, 6.07) is 6.97. The van der Waals surface area contributed by atoms with E-state index in [1.807, 2.05) is 25.9 Å². The number of carbonyl (C=O) groups excluding carboxylic acids is 1. The van der Waals surface area contributed by atoms with Crippen LogP contribution in [0.25, 0.3) is 0 Å². The van der Waals surface area contributed by atoms with Gasteiger partial charge in [-0.2, -0.15) is 0 Å². The fourth-order valence-corrected chi connectivity index (χ4v) is 3.84. The number of nitrogens with two attached hydrogens (primary N) is 1. The van der Waals surface area contributed by atoms with Gasteiger partial charge in [-0.15, -0.1) is 0 Å². The molecule has 2 heterocycles. The number of fused-ring (bicyclic) bond motifs is 1. The van der Waals surface area contributed by atoms with E-state index in [1.165, 1.54) is 21.3 Å². The van der Waals surface area contributed by atoms with Gasteiger partial charge in [0.05, 0.1) is 32.8 Å². The Bertz CT molecular complexity index is 1120. The van der Waals surface area contributed by atoms with Gasteiger partial charge < -0.3 is 34.1 Å². The molecule has 0 fully saturated rings. The largest absolute Gasteiger partial charge is 0.493 e. The molecule has 0 saturated heterocycles. The van der Waals surface area contributed by atoms with Gasteiger partial charge in [-0.3, -0.25) is 4.79 Å². The second-order valence-electron chi connectivity index (χ2n) is 7.74. The van der Waals surface area contributed by atoms with Crippen LogP contribution in [0.15, 0.2) is 40.5 Å². The molecule has 0 amide bonds. The number of ether oxygens (including phenoxy) is 4. The highest BCUT2D eigenvalue weighted by molar-refractivity contribution is 5.92. The van der Waals surface area contributed by atoms with Crippen LogP contribution in [-0.4, -0.2) is 57.4 Å². The highest BCUT2D eigenvalue weighted by Gasteiger charge is 2.38. The van der Waals surface area contributed by atoms with Gasteiger partial charge in [-0.25, -0.2) is 4.79 Å². The standard InChI is InChI=1S/C23H29N3O6/c1-13-11-17-19(22(27)26(13)10-9-25(2)3)18(20(21(24)32-17)23(28)31-6)14-7-8-15(29-4)16(12-14)30-5/h7-8,11-12,18H,9-10,24H2,1-6H3. The Kier molecular flexibility index (Phi) is 6.78. The van der Waals surface area contributed by atoms with E-state index in [4.69, 9.17) is 24.7 Å². The van der Waals surface area contributed by atoms with Crippen LogP contribution in [0.3, 0.4) is 0 Å². The van der Waals surface area contributed by atoms with Gasteiger partial charge in [0.1, 0.15) is 11.3 Å². The lowest BCUT2D eigenvalue weighted by atomic mass is 9.83. The second-order valence-corrected chi connectivity index (χ2v) is 7.74. The molecule has 1 aliphatic heterocycles. The number of hydrogen-bond acceptors (Lipinski definition) is 8. The van der Waals surface area contributed by atoms with Crippen LogP contribution in [0.5, 0.6) is 17.2 Å². The molecule has 0 radical (unpaired) electrons. The van der Waals surface area contributed by atoms with E-state index >= 15 is 0 Å². The van der Waals surface area contributed by atoms with Crippen molar-refractivity contribution in [1.29, 1.82) is 0 Å². The zero-order chi connectivity index (χ0) is 23.6. The van der Waals surface area contributed by atoms with Crippen molar-refractivity contribution in [2.75, 3.05) is 42.0 Å². The first-order chi connectivity index (χ1) is 15.2. The molecule has 32 heavy (non-hydrogen) atoms. The minimum Gasteiger partial charge on any atom is -0.493 e. The van der Waals surface area contributed by atoms with Crippen LogP contribution >= 0.6 is 0 Å². The van der Waals surface area contributed by atoms with E-state index in [-0.39, 0.29) is 17.0 Å². The van der Waals surface area contributed by atoms with Crippen LogP contribution in [0.4, 0.5) is 0 Å². The normalized spacial score (nSPS) is 15.3. The lowest BCUT2D eigenvalue weighted by Crippen LogP contribution is -2.36. The van der Waals surface area contributed by atoms with E-state index in [9.17, 15) is 9.59 Å². The van der Waals surface area contributed by atoms with Crippen LogP contribution in [0, 0.1) is 6.92 Å². The quantitative estimate of drug-likeness (QED) is 0.644. The summed E-state index contributed by atoms with van der Waals surface area (Å²) in [5.41, 5.74) is 7.62. The summed E-state index contributed by atoms with van der Waals surface area (Å²) in [6.07, 6.45) is 0. The highest BCUT2D eigenvalue weighted by Crippen LogP contribution is 2.43. The molecule has 1 unspecified atom stereocenters. The van der Waals surface area contributed by atoms with Crippen LogP contribution in [-0.2, 0) is 16.1 Å². The maximum absolute atomic E-state index is 13.7. The van der Waals surface area contributed by atoms with Crippen molar-refractivity contribution in [2.45, 2.75) is 19.4 Å². The van der Waals surface area contributed by atoms with Crippen molar-refractivity contribution in [2.24, 2.45) is 5.73 Å². The lowest BCUT2D eigenvalue weighted by molar-refractivity contribution is -0.136. The fraction of sp³-hybridized carbons (Fsp3) is 0.391. The molecule has 9 nitrogen and oxygen atoms in total. The molecule has 1 aliphatic rings. The van der Waals surface area contributed by atoms with Gasteiger partial charge in [0.2, 0.25) is 5.88 Å². The third-order valence-corrected chi connectivity index (χ3v) is 5.49. The van der Waals surface area contributed by atoms with E-state index in [1.54, 1.807) is 28.8 Å². The highest BCUT2D eigenvalue weighted by atomic mass is 16.5. The lowest BCUT2D eigenvalue weighted by Gasteiger charge is -2.29. The third-order valence-electron chi connectivity index (χ3n) is 5.49. The minimum atomic E-state index is -0.801. The molecule has 1 aromatic heterocycles. The van der Waals surface area contributed by atoms with Crippen molar-refractivity contribution in [1.82, 2.24) is 9.47 Å². The third kappa shape index (κ3) is 4.16. The molecule has 3 rings (SSSR count). The summed E-state index contributed by atoms with van der Waals surface area (Å²) in [5, 5.41) is 0. The topological polar surface area (TPSA) is 105 Å². The van der Waals surface area contributed by atoms with Gasteiger partial charge >= 0.3 is 5.97 Å². The first-order valence-corrected chi connectivity index (χ1v) is 10.1. The molecular weight excluding hydrogens is 414 g/mol. The predicted octanol–water partition coefficient (Wildman–Crippen LogP) is 1.60. The van der Waals surface area contributed by atoms with Gasteiger partial charge in [-0.1, -0.05) is 6.07 Å². The molecule has 0 spiro atoms. The molecule has 0 saturated carbocycles. The number of hydrogen-bond donors (Lipinski definition) is 1. The summed E-state index contributed by atoms with van der Waals surface area (Å²) < 4.78 is 23.1. The summed E-state index contributed by atoms with van der Waals surface area (Å²) in [4.78, 5) is 28.4. The van der Waals surface area contributed by atoms with E-state index in [0.717, 1.165) is 5.69 Å². The molecule has 9 heteroatoms. The first kappa shape index (κ1) is 23.2. The summed E-state index contributed by atoms with van der Waals surface area (Å²) in [7, 11) is 8.18. The Morgan fingerprint density at radius 1 is 1.16 bits per heavy atom. The average molecular weight is 444 g/mol. The zero-order valence-electron chi connectivity index (χ0n) is 19.2. The van der Waals surface area contributed by atoms with Crippen molar-refractivity contribution < 1.29 is 23.7 Å². The number of pyridine rings is 1. The number of nitrogens with zero attached hydrogens (tertiary/aromatic N) is 2. The molecule has 1 atom stereocenters. The Morgan fingerprint density at radius 3 is 2.44 bits per heavy atom. The van der Waals surface area contributed by atoms with Gasteiger partial charge in [0.15, 0.2) is 11.5 Å². The van der Waals surface area contributed by atoms with Crippen molar-refractivity contribution in [3.05, 3.63) is 62.9 Å². The number of rotatable bonds is 7. The van der Waals surface area contributed by atoms with Crippen molar-refractivity contribution >= 4 is 5.97 Å². The molecule has 2 aromatic rings. The first-order valence-electron chi connectivity index (χ1n) is 10.1. The monoisotopic (exact) mass is 443 g/mol. The van der Waals surface area contributed by atoms with Crippen LogP contribution < -0.4 is 25.5 Å². The minimum absolute atomic E-state index is 0.0623. The second kappa shape index (κ2) is 9.35. The number of benzene rings is 1. The number of likely N-dealkylation sites (N-methyl/N-ethyl adjacent to an activating group) is 1. The smallest absolute Gasteiger partial charge is 0.340 e. The fourth-order valence-electron chi connectivity index (χ4n) is 3.84. The molecule has 2 N–H and O–H groups in total. The molecule has 1 aromatic carbocycles. The number of aryl methyl sites for hydroxylation is 1. The predicted molar refractivity (Wildman–Crippen MR) is 119 cm³/mol. The van der Waals surface area contributed by atoms with E-state index < -0.39 is 11.9 Å². The summed E-state index contributed by atoms with van der Waals surface area (Å²) in [6.45, 7) is 2.99. The van der Waals surface area contributed by atoms with Gasteiger partial charge in [0, 0.05) is 24.8 Å². The Balaban J connectivity index is 2.29. The average Bonchev–Trinajstić information content (AvgIpc) is 2.76. The maximum atomic E-state index is 13.7. The van der Waals surface area contributed by atoms with Crippen LogP contribution in [0.1, 0.15) is 22.7 Å². The molecule has 0 bridgehead atoms. The van der Waals surface area contributed by atoms with Gasteiger partial charge in [-0.05, 0) is 38.7 Å². The SMILES string of the molecule is COC(=O)C1=C(N)Oc2cc(C)n(CCN(C)C)c(=O)c2C1c1ccc(OC)c(OC)c1. The van der Waals surface area contributed by atoms with E-state index in [0.29, 0.717) is 41.5 Å². The van der Waals surface area contributed by atoms with Crippen LogP contribution in [0.2, 0.25) is 0 Å². The number of aromatic nitrogens is 1. The number of methoxy groups -OCH3 is 3. The zero-order valence-corrected chi connectivity index (χ0v) is 19.2. The van der Waals surface area contributed by atoms with E-state index in [2.05, 4.69) is 0 Å². The summed E-state index contributed by atoms with van der Waals surface area (Å²) >= 11 is 0. The summed E-state index contributed by atoms with van der Waals surface area (Å²) in [5.74, 6) is -0.279. The maximum Gasteiger partial charge on any atom is 0.340 e. The molecule has 0 aliphatic carbocycles. The molecular formula is C23H29N3O6. The Morgan fingerprint density at radius 2 is 1.84 bits per heavy atom. The number of esters is 1. The molecule has 172 valence electrons. The Labute approximate surface area is 186 Å². The van der Waals surface area contributed by atoms with Crippen molar-refractivity contribution in [3.63, 3.8) is 0 Å². The number of carbonyl (C=O) groups is 1. The van der Waals surface area contributed by atoms with Crippen molar-refractivity contribution in [3.8, 4) is 17.2 Å². The van der Waals surface area contributed by atoms with Gasteiger partial charge in [0.25, 0.3) is 5.56 Å². The Hall–Kier alpha value is -3.46.